The summed E-state index contributed by atoms with van der Waals surface area (Å²) in [5.41, 5.74) is 8.24. The number of rotatable bonds is 3. The van der Waals surface area contributed by atoms with Crippen molar-refractivity contribution in [3.8, 4) is 0 Å². The van der Waals surface area contributed by atoms with Gasteiger partial charge in [0.05, 0.1) is 11.2 Å². The maximum atomic E-state index is 5.85. The van der Waals surface area contributed by atoms with Gasteiger partial charge in [-0.25, -0.2) is 4.98 Å². The molecule has 3 N–H and O–H groups in total. The van der Waals surface area contributed by atoms with Crippen LogP contribution in [0.5, 0.6) is 0 Å². The molecule has 0 aliphatic carbocycles. The number of nitrogens with one attached hydrogen (secondary N) is 1. The van der Waals surface area contributed by atoms with Crippen LogP contribution in [0.1, 0.15) is 12.7 Å². The second-order valence-corrected chi connectivity index (χ2v) is 4.13. The fraction of sp³-hybridized carbons (Fsp3) is 0.300. The molecule has 80 valence electrons. The first-order valence-corrected chi connectivity index (χ1v) is 5.51. The Kier molecular flexibility index (Phi) is 2.93. The molecule has 2 aromatic rings. The lowest BCUT2D eigenvalue weighted by molar-refractivity contribution is 0.129. The molecule has 0 radical (unpaired) electrons. The Balaban J connectivity index is 2.41. The molecule has 5 heteroatoms. The minimum atomic E-state index is 0.488. The van der Waals surface area contributed by atoms with Gasteiger partial charge in [-0.15, -0.1) is 0 Å². The standard InChI is InChI=1S/C10H12BrN3O/c1-2-15-5-9-13-8-4-6(11)3-7(12)10(8)14-9/h3-4H,2,5,12H2,1H3,(H,13,14). The lowest BCUT2D eigenvalue weighted by Crippen LogP contribution is -1.93. The zero-order valence-corrected chi connectivity index (χ0v) is 9.97. The minimum absolute atomic E-state index is 0.488. The molecule has 0 bridgehead atoms. The summed E-state index contributed by atoms with van der Waals surface area (Å²) < 4.78 is 6.22. The normalized spacial score (nSPS) is 11.1. The summed E-state index contributed by atoms with van der Waals surface area (Å²) in [4.78, 5) is 7.53. The topological polar surface area (TPSA) is 63.9 Å². The van der Waals surface area contributed by atoms with Crippen molar-refractivity contribution in [1.29, 1.82) is 0 Å². The molecule has 1 aromatic heterocycles. The predicted molar refractivity (Wildman–Crippen MR) is 63.5 cm³/mol. The first-order valence-electron chi connectivity index (χ1n) is 4.72. The molecule has 0 saturated heterocycles. The molecule has 0 saturated carbocycles. The van der Waals surface area contributed by atoms with Gasteiger partial charge in [0, 0.05) is 11.1 Å². The number of imidazole rings is 1. The largest absolute Gasteiger partial charge is 0.397 e. The number of fused-ring (bicyclic) bond motifs is 1. The average Bonchev–Trinajstić information content (AvgIpc) is 2.57. The molecule has 0 fully saturated rings. The summed E-state index contributed by atoms with van der Waals surface area (Å²) in [7, 11) is 0. The highest BCUT2D eigenvalue weighted by molar-refractivity contribution is 9.10. The zero-order chi connectivity index (χ0) is 10.8. The lowest BCUT2D eigenvalue weighted by Gasteiger charge is -1.94. The molecule has 0 amide bonds. The number of H-pyrrole nitrogens is 1. The van der Waals surface area contributed by atoms with Crippen LogP contribution in [0.15, 0.2) is 16.6 Å². The van der Waals surface area contributed by atoms with Gasteiger partial charge < -0.3 is 15.5 Å². The number of aromatic nitrogens is 2. The third-order valence-electron chi connectivity index (χ3n) is 2.07. The summed E-state index contributed by atoms with van der Waals surface area (Å²) in [5, 5.41) is 0. The fourth-order valence-corrected chi connectivity index (χ4v) is 1.90. The molecule has 2 rings (SSSR count). The second-order valence-electron chi connectivity index (χ2n) is 3.21. The number of benzene rings is 1. The van der Waals surface area contributed by atoms with Crippen molar-refractivity contribution in [2.45, 2.75) is 13.5 Å². The Morgan fingerprint density at radius 3 is 3.07 bits per heavy atom. The SMILES string of the molecule is CCOCc1nc2c(N)cc(Br)cc2[nH]1. The Bertz CT molecular complexity index is 481. The summed E-state index contributed by atoms with van der Waals surface area (Å²) in [5.74, 6) is 0.802. The van der Waals surface area contributed by atoms with E-state index in [9.17, 15) is 0 Å². The van der Waals surface area contributed by atoms with Gasteiger partial charge in [-0.1, -0.05) is 15.9 Å². The molecule has 1 aromatic carbocycles. The number of nitrogens with zero attached hydrogens (tertiary/aromatic N) is 1. The smallest absolute Gasteiger partial charge is 0.133 e. The Morgan fingerprint density at radius 2 is 2.33 bits per heavy atom. The van der Waals surface area contributed by atoms with Crippen molar-refractivity contribution < 1.29 is 4.74 Å². The highest BCUT2D eigenvalue weighted by Crippen LogP contribution is 2.24. The first-order chi connectivity index (χ1) is 7.20. The van der Waals surface area contributed by atoms with Crippen LogP contribution in [0.3, 0.4) is 0 Å². The van der Waals surface area contributed by atoms with Crippen LogP contribution in [0, 0.1) is 0 Å². The highest BCUT2D eigenvalue weighted by Gasteiger charge is 2.06. The molecule has 15 heavy (non-hydrogen) atoms. The van der Waals surface area contributed by atoms with E-state index < -0.39 is 0 Å². The van der Waals surface area contributed by atoms with E-state index in [1.165, 1.54) is 0 Å². The van der Waals surface area contributed by atoms with Crippen molar-refractivity contribution in [1.82, 2.24) is 9.97 Å². The third-order valence-corrected chi connectivity index (χ3v) is 2.53. The minimum Gasteiger partial charge on any atom is -0.397 e. The lowest BCUT2D eigenvalue weighted by atomic mass is 10.3. The third kappa shape index (κ3) is 2.13. The zero-order valence-electron chi connectivity index (χ0n) is 8.38. The van der Waals surface area contributed by atoms with Gasteiger partial charge in [0.2, 0.25) is 0 Å². The number of hydrogen-bond acceptors (Lipinski definition) is 3. The number of nitrogens with two attached hydrogens (primary N) is 1. The van der Waals surface area contributed by atoms with Gasteiger partial charge >= 0.3 is 0 Å². The van der Waals surface area contributed by atoms with Gasteiger partial charge in [0.1, 0.15) is 17.9 Å². The Hall–Kier alpha value is -1.07. The molecule has 0 unspecified atom stereocenters. The van der Waals surface area contributed by atoms with Crippen LogP contribution in [-0.4, -0.2) is 16.6 Å². The summed E-state index contributed by atoms with van der Waals surface area (Å²) in [6, 6.07) is 3.79. The van der Waals surface area contributed by atoms with E-state index in [1.54, 1.807) is 0 Å². The number of anilines is 1. The van der Waals surface area contributed by atoms with Crippen molar-refractivity contribution in [2.75, 3.05) is 12.3 Å². The first kappa shape index (κ1) is 10.4. The van der Waals surface area contributed by atoms with E-state index in [1.807, 2.05) is 19.1 Å². The molecule has 4 nitrogen and oxygen atoms in total. The van der Waals surface area contributed by atoms with E-state index in [0.717, 1.165) is 21.3 Å². The Labute approximate surface area is 96.0 Å². The van der Waals surface area contributed by atoms with Crippen LogP contribution in [0.4, 0.5) is 5.69 Å². The van der Waals surface area contributed by atoms with Crippen molar-refractivity contribution >= 4 is 32.7 Å². The molecular formula is C10H12BrN3O. The maximum Gasteiger partial charge on any atom is 0.133 e. The van der Waals surface area contributed by atoms with Crippen LogP contribution >= 0.6 is 15.9 Å². The quantitative estimate of drug-likeness (QED) is 0.842. The van der Waals surface area contributed by atoms with Crippen molar-refractivity contribution in [2.24, 2.45) is 0 Å². The van der Waals surface area contributed by atoms with Gasteiger partial charge in [0.15, 0.2) is 0 Å². The predicted octanol–water partition coefficient (Wildman–Crippen LogP) is 2.44. The van der Waals surface area contributed by atoms with E-state index in [-0.39, 0.29) is 0 Å². The number of nitrogen functional groups attached to an aromatic ring is 1. The van der Waals surface area contributed by atoms with Gasteiger partial charge in [-0.05, 0) is 19.1 Å². The molecular weight excluding hydrogens is 258 g/mol. The van der Waals surface area contributed by atoms with E-state index in [2.05, 4.69) is 25.9 Å². The monoisotopic (exact) mass is 269 g/mol. The van der Waals surface area contributed by atoms with E-state index in [0.29, 0.717) is 18.9 Å². The maximum absolute atomic E-state index is 5.85. The second kappa shape index (κ2) is 4.20. The molecule has 0 aliphatic heterocycles. The van der Waals surface area contributed by atoms with Crippen molar-refractivity contribution in [3.05, 3.63) is 22.4 Å². The number of ether oxygens (including phenoxy) is 1. The van der Waals surface area contributed by atoms with Gasteiger partial charge in [-0.2, -0.15) is 0 Å². The van der Waals surface area contributed by atoms with Crippen LogP contribution in [0.2, 0.25) is 0 Å². The fourth-order valence-electron chi connectivity index (χ4n) is 1.43. The number of hydrogen-bond donors (Lipinski definition) is 2. The molecule has 0 atom stereocenters. The number of aromatic amines is 1. The Morgan fingerprint density at radius 1 is 1.53 bits per heavy atom. The average molecular weight is 270 g/mol. The van der Waals surface area contributed by atoms with Gasteiger partial charge in [0.25, 0.3) is 0 Å². The van der Waals surface area contributed by atoms with Gasteiger partial charge in [-0.3, -0.25) is 0 Å². The van der Waals surface area contributed by atoms with E-state index in [4.69, 9.17) is 10.5 Å². The number of halogens is 1. The van der Waals surface area contributed by atoms with E-state index >= 15 is 0 Å². The summed E-state index contributed by atoms with van der Waals surface area (Å²) >= 11 is 3.39. The van der Waals surface area contributed by atoms with Crippen molar-refractivity contribution in [3.63, 3.8) is 0 Å². The van der Waals surface area contributed by atoms with Crippen LogP contribution in [-0.2, 0) is 11.3 Å². The summed E-state index contributed by atoms with van der Waals surface area (Å²) in [6.45, 7) is 3.12. The molecule has 0 spiro atoms. The highest BCUT2D eigenvalue weighted by atomic mass is 79.9. The molecule has 0 aliphatic rings. The summed E-state index contributed by atoms with van der Waals surface area (Å²) in [6.07, 6.45) is 0. The van der Waals surface area contributed by atoms with Crippen LogP contribution < -0.4 is 5.73 Å². The van der Waals surface area contributed by atoms with Crippen LogP contribution in [0.25, 0.3) is 11.0 Å². The molecule has 1 heterocycles.